The van der Waals surface area contributed by atoms with Gasteiger partial charge in [0.1, 0.15) is 5.82 Å². The minimum Gasteiger partial charge on any atom is -0.351 e. The van der Waals surface area contributed by atoms with Gasteiger partial charge in [0.25, 0.3) is 5.91 Å². The Hall–Kier alpha value is -2.23. The van der Waals surface area contributed by atoms with Crippen LogP contribution in [0.25, 0.3) is 0 Å². The number of hydrogen-bond donors (Lipinski definition) is 1. The summed E-state index contributed by atoms with van der Waals surface area (Å²) in [6.07, 6.45) is 3.81. The molecule has 1 amide bonds. The van der Waals surface area contributed by atoms with Gasteiger partial charge < -0.3 is 5.32 Å². The number of rotatable bonds is 4. The fourth-order valence-corrected chi connectivity index (χ4v) is 2.33. The molecule has 1 aromatic heterocycles. The molecule has 0 spiro atoms. The molecule has 1 aliphatic rings. The molecular weight excluding hydrogens is 255 g/mol. The summed E-state index contributed by atoms with van der Waals surface area (Å²) < 4.78 is 13.1. The van der Waals surface area contributed by atoms with Crippen molar-refractivity contribution in [2.75, 3.05) is 6.54 Å². The van der Waals surface area contributed by atoms with Gasteiger partial charge in [-0.15, -0.1) is 0 Å². The Kier molecular flexibility index (Phi) is 3.22. The van der Waals surface area contributed by atoms with E-state index in [0.29, 0.717) is 12.1 Å². The van der Waals surface area contributed by atoms with E-state index in [1.807, 2.05) is 18.2 Å². The van der Waals surface area contributed by atoms with E-state index in [1.54, 1.807) is 12.3 Å². The number of nitrogens with one attached hydrogen (secondary N) is 1. The average molecular weight is 270 g/mol. The zero-order chi connectivity index (χ0) is 14.0. The van der Waals surface area contributed by atoms with E-state index in [-0.39, 0.29) is 11.3 Å². The summed E-state index contributed by atoms with van der Waals surface area (Å²) in [5.41, 5.74) is 1.32. The Balaban J connectivity index is 1.67. The fourth-order valence-electron chi connectivity index (χ4n) is 2.33. The lowest BCUT2D eigenvalue weighted by Gasteiger charge is -2.15. The SMILES string of the molecule is O=C(NCC1(c2ccccn2)CC1)c1cccc(F)c1. The smallest absolute Gasteiger partial charge is 0.251 e. The highest BCUT2D eigenvalue weighted by atomic mass is 19.1. The first-order chi connectivity index (χ1) is 9.70. The molecule has 1 aliphatic carbocycles. The van der Waals surface area contributed by atoms with Crippen LogP contribution < -0.4 is 5.32 Å². The lowest BCUT2D eigenvalue weighted by molar-refractivity contribution is 0.0949. The van der Waals surface area contributed by atoms with Gasteiger partial charge in [0, 0.05) is 29.4 Å². The van der Waals surface area contributed by atoms with E-state index in [0.717, 1.165) is 18.5 Å². The highest BCUT2D eigenvalue weighted by molar-refractivity contribution is 5.94. The standard InChI is InChI=1S/C16H15FN2O/c17-13-5-3-4-12(10-13)15(20)19-11-16(7-8-16)14-6-1-2-9-18-14/h1-6,9-10H,7-8,11H2,(H,19,20). The van der Waals surface area contributed by atoms with Crippen LogP contribution in [-0.2, 0) is 5.41 Å². The number of amides is 1. The van der Waals surface area contributed by atoms with Crippen LogP contribution in [0, 0.1) is 5.82 Å². The Labute approximate surface area is 116 Å². The quantitative estimate of drug-likeness (QED) is 0.928. The van der Waals surface area contributed by atoms with Crippen molar-refractivity contribution in [2.24, 2.45) is 0 Å². The molecule has 1 saturated carbocycles. The zero-order valence-corrected chi connectivity index (χ0v) is 11.0. The van der Waals surface area contributed by atoms with Crippen molar-refractivity contribution in [1.82, 2.24) is 10.3 Å². The predicted molar refractivity (Wildman–Crippen MR) is 73.9 cm³/mol. The normalized spacial score (nSPS) is 15.7. The Morgan fingerprint density at radius 3 is 2.75 bits per heavy atom. The van der Waals surface area contributed by atoms with Crippen molar-refractivity contribution in [3.05, 3.63) is 65.7 Å². The summed E-state index contributed by atoms with van der Waals surface area (Å²) in [6.45, 7) is 0.541. The number of carbonyl (C=O) groups is 1. The first kappa shape index (κ1) is 12.8. The number of halogens is 1. The molecule has 3 nitrogen and oxygen atoms in total. The number of nitrogens with zero attached hydrogens (tertiary/aromatic N) is 1. The first-order valence-electron chi connectivity index (χ1n) is 6.65. The van der Waals surface area contributed by atoms with Crippen molar-refractivity contribution in [2.45, 2.75) is 18.3 Å². The Bertz CT molecular complexity index is 623. The fraction of sp³-hybridized carbons (Fsp3) is 0.250. The van der Waals surface area contributed by atoms with Gasteiger partial charge >= 0.3 is 0 Å². The van der Waals surface area contributed by atoms with E-state index in [1.165, 1.54) is 18.2 Å². The molecule has 0 unspecified atom stereocenters. The Morgan fingerprint density at radius 1 is 1.25 bits per heavy atom. The second kappa shape index (κ2) is 5.04. The maximum atomic E-state index is 13.1. The maximum absolute atomic E-state index is 13.1. The van der Waals surface area contributed by atoms with Crippen LogP contribution in [0.1, 0.15) is 28.9 Å². The second-order valence-electron chi connectivity index (χ2n) is 5.19. The van der Waals surface area contributed by atoms with Gasteiger partial charge in [-0.1, -0.05) is 12.1 Å². The third kappa shape index (κ3) is 2.54. The van der Waals surface area contributed by atoms with Gasteiger partial charge in [-0.3, -0.25) is 9.78 Å². The molecule has 1 aromatic carbocycles. The molecule has 20 heavy (non-hydrogen) atoms. The molecule has 0 bridgehead atoms. The number of pyridine rings is 1. The van der Waals surface area contributed by atoms with Gasteiger partial charge in [-0.25, -0.2) is 4.39 Å². The summed E-state index contributed by atoms with van der Waals surface area (Å²) in [7, 11) is 0. The monoisotopic (exact) mass is 270 g/mol. The highest BCUT2D eigenvalue weighted by Gasteiger charge is 2.45. The van der Waals surface area contributed by atoms with Gasteiger partial charge in [0.05, 0.1) is 0 Å². The molecule has 0 atom stereocenters. The molecule has 0 saturated heterocycles. The molecule has 4 heteroatoms. The van der Waals surface area contributed by atoms with Crippen molar-refractivity contribution in [1.29, 1.82) is 0 Å². The molecule has 102 valence electrons. The van der Waals surface area contributed by atoms with Crippen LogP contribution in [0.3, 0.4) is 0 Å². The summed E-state index contributed by atoms with van der Waals surface area (Å²) in [6, 6.07) is 11.5. The molecular formula is C16H15FN2O. The highest BCUT2D eigenvalue weighted by Crippen LogP contribution is 2.46. The third-order valence-electron chi connectivity index (χ3n) is 3.74. The number of benzene rings is 1. The van der Waals surface area contributed by atoms with E-state index >= 15 is 0 Å². The van der Waals surface area contributed by atoms with Crippen LogP contribution in [0.5, 0.6) is 0 Å². The molecule has 1 heterocycles. The Morgan fingerprint density at radius 2 is 2.10 bits per heavy atom. The van der Waals surface area contributed by atoms with Crippen LogP contribution in [-0.4, -0.2) is 17.4 Å². The minimum atomic E-state index is -0.400. The maximum Gasteiger partial charge on any atom is 0.251 e. The van der Waals surface area contributed by atoms with Gasteiger partial charge in [-0.05, 0) is 43.2 Å². The third-order valence-corrected chi connectivity index (χ3v) is 3.74. The van der Waals surface area contributed by atoms with Crippen molar-refractivity contribution in [3.8, 4) is 0 Å². The van der Waals surface area contributed by atoms with Crippen LogP contribution in [0.15, 0.2) is 48.7 Å². The van der Waals surface area contributed by atoms with Gasteiger partial charge in [0.15, 0.2) is 0 Å². The first-order valence-corrected chi connectivity index (χ1v) is 6.65. The van der Waals surface area contributed by atoms with Gasteiger partial charge in [-0.2, -0.15) is 0 Å². The topological polar surface area (TPSA) is 42.0 Å². The molecule has 1 fully saturated rings. The molecule has 2 aromatic rings. The van der Waals surface area contributed by atoms with E-state index < -0.39 is 5.82 Å². The molecule has 0 radical (unpaired) electrons. The van der Waals surface area contributed by atoms with Crippen molar-refractivity contribution < 1.29 is 9.18 Å². The second-order valence-corrected chi connectivity index (χ2v) is 5.19. The number of carbonyl (C=O) groups excluding carboxylic acids is 1. The van der Waals surface area contributed by atoms with Gasteiger partial charge in [0.2, 0.25) is 0 Å². The molecule has 0 aliphatic heterocycles. The molecule has 3 rings (SSSR count). The summed E-state index contributed by atoms with van der Waals surface area (Å²) in [5, 5.41) is 2.88. The van der Waals surface area contributed by atoms with E-state index in [2.05, 4.69) is 10.3 Å². The molecule has 1 N–H and O–H groups in total. The largest absolute Gasteiger partial charge is 0.351 e. The summed E-state index contributed by atoms with van der Waals surface area (Å²) in [5.74, 6) is -0.643. The van der Waals surface area contributed by atoms with Crippen LogP contribution in [0.2, 0.25) is 0 Å². The lowest BCUT2D eigenvalue weighted by atomic mass is 10.0. The minimum absolute atomic E-state index is 0.0375. The average Bonchev–Trinajstić information content (AvgIpc) is 3.27. The van der Waals surface area contributed by atoms with Crippen molar-refractivity contribution >= 4 is 5.91 Å². The number of hydrogen-bond acceptors (Lipinski definition) is 2. The summed E-state index contributed by atoms with van der Waals surface area (Å²) in [4.78, 5) is 16.4. The van der Waals surface area contributed by atoms with E-state index in [4.69, 9.17) is 0 Å². The lowest BCUT2D eigenvalue weighted by Crippen LogP contribution is -2.32. The van der Waals surface area contributed by atoms with Crippen LogP contribution >= 0.6 is 0 Å². The van der Waals surface area contributed by atoms with Crippen LogP contribution in [0.4, 0.5) is 4.39 Å². The predicted octanol–water partition coefficient (Wildman–Crippen LogP) is 2.68. The summed E-state index contributed by atoms with van der Waals surface area (Å²) >= 11 is 0. The van der Waals surface area contributed by atoms with E-state index in [9.17, 15) is 9.18 Å². The zero-order valence-electron chi connectivity index (χ0n) is 11.0. The number of aromatic nitrogens is 1. The van der Waals surface area contributed by atoms with Crippen molar-refractivity contribution in [3.63, 3.8) is 0 Å².